The van der Waals surface area contributed by atoms with Crippen LogP contribution in [-0.4, -0.2) is 37.1 Å². The normalized spacial score (nSPS) is 39.2. The molecule has 0 aromatic rings. The quantitative estimate of drug-likeness (QED) is 0.693. The minimum Gasteiger partial charge on any atom is -0.469 e. The molecule has 0 amide bonds. The van der Waals surface area contributed by atoms with Crippen LogP contribution in [0.1, 0.15) is 39.5 Å². The van der Waals surface area contributed by atoms with Crippen molar-refractivity contribution in [2.75, 3.05) is 20.2 Å². The monoisotopic (exact) mass is 239 g/mol. The van der Waals surface area contributed by atoms with Crippen LogP contribution >= 0.6 is 0 Å². The van der Waals surface area contributed by atoms with Gasteiger partial charge in [-0.3, -0.25) is 9.69 Å². The summed E-state index contributed by atoms with van der Waals surface area (Å²) in [6.07, 6.45) is 4.92. The van der Waals surface area contributed by atoms with Crippen LogP contribution in [0.25, 0.3) is 0 Å². The number of ether oxygens (including phenoxy) is 1. The molecule has 4 atom stereocenters. The summed E-state index contributed by atoms with van der Waals surface area (Å²) < 4.78 is 4.84. The van der Waals surface area contributed by atoms with Gasteiger partial charge in [-0.15, -0.1) is 0 Å². The van der Waals surface area contributed by atoms with Gasteiger partial charge in [0.05, 0.1) is 13.0 Å². The molecule has 4 unspecified atom stereocenters. The third-order valence-corrected chi connectivity index (χ3v) is 4.84. The smallest absolute Gasteiger partial charge is 0.310 e. The molecule has 98 valence electrons. The largest absolute Gasteiger partial charge is 0.469 e. The van der Waals surface area contributed by atoms with Gasteiger partial charge < -0.3 is 4.74 Å². The highest BCUT2D eigenvalue weighted by atomic mass is 16.5. The van der Waals surface area contributed by atoms with Crippen LogP contribution in [0.4, 0.5) is 0 Å². The molecule has 1 saturated heterocycles. The highest BCUT2D eigenvalue weighted by Crippen LogP contribution is 2.34. The van der Waals surface area contributed by atoms with E-state index in [1.165, 1.54) is 26.4 Å². The fourth-order valence-corrected chi connectivity index (χ4v) is 3.33. The summed E-state index contributed by atoms with van der Waals surface area (Å²) in [6.45, 7) is 6.72. The van der Waals surface area contributed by atoms with Crippen LogP contribution in [0.5, 0.6) is 0 Å². The first-order valence-electron chi connectivity index (χ1n) is 6.93. The minimum absolute atomic E-state index is 0.0234. The molecule has 2 aliphatic rings. The predicted octanol–water partition coefficient (Wildman–Crippen LogP) is 2.31. The van der Waals surface area contributed by atoms with Crippen molar-refractivity contribution >= 4 is 5.97 Å². The molecule has 0 aromatic heterocycles. The fourth-order valence-electron chi connectivity index (χ4n) is 3.33. The van der Waals surface area contributed by atoms with Gasteiger partial charge in [-0.25, -0.2) is 0 Å². The van der Waals surface area contributed by atoms with Crippen LogP contribution in [0.2, 0.25) is 0 Å². The van der Waals surface area contributed by atoms with E-state index in [9.17, 15) is 4.79 Å². The van der Waals surface area contributed by atoms with Crippen molar-refractivity contribution in [2.45, 2.75) is 45.6 Å². The zero-order valence-corrected chi connectivity index (χ0v) is 11.3. The summed E-state index contributed by atoms with van der Waals surface area (Å²) >= 11 is 0. The van der Waals surface area contributed by atoms with Gasteiger partial charge in [0.25, 0.3) is 0 Å². The summed E-state index contributed by atoms with van der Waals surface area (Å²) in [7, 11) is 1.50. The predicted molar refractivity (Wildman–Crippen MR) is 67.7 cm³/mol. The van der Waals surface area contributed by atoms with Crippen LogP contribution in [0.3, 0.4) is 0 Å². The van der Waals surface area contributed by atoms with E-state index in [1.807, 2.05) is 0 Å². The van der Waals surface area contributed by atoms with Crippen LogP contribution in [0.15, 0.2) is 0 Å². The first-order chi connectivity index (χ1) is 8.11. The Kier molecular flexibility index (Phi) is 4.08. The highest BCUT2D eigenvalue weighted by Gasteiger charge is 2.35. The number of methoxy groups -OCH3 is 1. The average molecular weight is 239 g/mol. The number of carbonyl (C=O) groups excluding carboxylic acids is 1. The minimum atomic E-state index is -0.0234. The molecule has 0 radical (unpaired) electrons. The second kappa shape index (κ2) is 5.38. The lowest BCUT2D eigenvalue weighted by molar-refractivity contribution is -0.145. The number of carbonyl (C=O) groups is 1. The van der Waals surface area contributed by atoms with Crippen molar-refractivity contribution < 1.29 is 9.53 Å². The van der Waals surface area contributed by atoms with Crippen LogP contribution in [0, 0.1) is 17.8 Å². The lowest BCUT2D eigenvalue weighted by atomic mass is 9.78. The Morgan fingerprint density at radius 3 is 2.59 bits per heavy atom. The van der Waals surface area contributed by atoms with Crippen molar-refractivity contribution in [3.05, 3.63) is 0 Å². The number of hydrogen-bond donors (Lipinski definition) is 0. The summed E-state index contributed by atoms with van der Waals surface area (Å²) in [5.74, 6) is 1.79. The molecule has 3 heteroatoms. The lowest BCUT2D eigenvalue weighted by Gasteiger charge is -2.37. The molecule has 0 N–H and O–H groups in total. The molecular weight excluding hydrogens is 214 g/mol. The highest BCUT2D eigenvalue weighted by molar-refractivity contribution is 5.72. The topological polar surface area (TPSA) is 29.5 Å². The Morgan fingerprint density at radius 2 is 1.94 bits per heavy atom. The van der Waals surface area contributed by atoms with Gasteiger partial charge in [-0.05, 0) is 44.1 Å². The third kappa shape index (κ3) is 2.82. The Hall–Kier alpha value is -0.570. The molecule has 2 fully saturated rings. The van der Waals surface area contributed by atoms with Gasteiger partial charge in [-0.1, -0.05) is 13.8 Å². The molecule has 1 heterocycles. The second-order valence-corrected chi connectivity index (χ2v) is 5.93. The molecule has 3 nitrogen and oxygen atoms in total. The number of nitrogens with zero attached hydrogens (tertiary/aromatic N) is 1. The molecular formula is C14H25NO2. The van der Waals surface area contributed by atoms with Crippen LogP contribution in [-0.2, 0) is 9.53 Å². The zero-order chi connectivity index (χ0) is 12.4. The fraction of sp³-hybridized carbons (Fsp3) is 0.929. The van der Waals surface area contributed by atoms with E-state index >= 15 is 0 Å². The number of rotatable bonds is 2. The molecule has 2 rings (SSSR count). The summed E-state index contributed by atoms with van der Waals surface area (Å²) in [4.78, 5) is 14.0. The van der Waals surface area contributed by atoms with Gasteiger partial charge in [0.1, 0.15) is 0 Å². The Balaban J connectivity index is 1.86. The zero-order valence-electron chi connectivity index (χ0n) is 11.3. The standard InChI is InChI=1S/C14H25NO2/c1-10-4-5-13(8-11(10)2)15-7-6-12(9-15)14(16)17-3/h10-13H,4-9H2,1-3H3. The molecule has 1 aliphatic heterocycles. The number of likely N-dealkylation sites (tertiary alicyclic amines) is 1. The molecule has 17 heavy (non-hydrogen) atoms. The van der Waals surface area contributed by atoms with E-state index in [1.54, 1.807) is 0 Å². The first kappa shape index (κ1) is 12.9. The number of esters is 1. The van der Waals surface area contributed by atoms with E-state index in [0.29, 0.717) is 6.04 Å². The molecule has 0 spiro atoms. The van der Waals surface area contributed by atoms with Gasteiger partial charge >= 0.3 is 5.97 Å². The van der Waals surface area contributed by atoms with Crippen molar-refractivity contribution in [3.63, 3.8) is 0 Å². The average Bonchev–Trinajstić information content (AvgIpc) is 2.81. The van der Waals surface area contributed by atoms with E-state index in [2.05, 4.69) is 18.7 Å². The molecule has 0 aromatic carbocycles. The van der Waals surface area contributed by atoms with Crippen molar-refractivity contribution in [1.82, 2.24) is 4.90 Å². The number of hydrogen-bond acceptors (Lipinski definition) is 3. The lowest BCUT2D eigenvalue weighted by Crippen LogP contribution is -2.39. The SMILES string of the molecule is COC(=O)C1CCN(C2CCC(C)C(C)C2)C1. The van der Waals surface area contributed by atoms with E-state index in [0.717, 1.165) is 31.3 Å². The maximum absolute atomic E-state index is 11.5. The second-order valence-electron chi connectivity index (χ2n) is 5.93. The van der Waals surface area contributed by atoms with Gasteiger partial charge in [0.15, 0.2) is 0 Å². The van der Waals surface area contributed by atoms with Crippen molar-refractivity contribution in [3.8, 4) is 0 Å². The van der Waals surface area contributed by atoms with Gasteiger partial charge in [0.2, 0.25) is 0 Å². The third-order valence-electron chi connectivity index (χ3n) is 4.84. The van der Waals surface area contributed by atoms with E-state index in [4.69, 9.17) is 4.74 Å². The van der Waals surface area contributed by atoms with E-state index in [-0.39, 0.29) is 11.9 Å². The summed E-state index contributed by atoms with van der Waals surface area (Å²) in [5, 5.41) is 0. The summed E-state index contributed by atoms with van der Waals surface area (Å²) in [5.41, 5.74) is 0. The first-order valence-corrected chi connectivity index (χ1v) is 6.93. The summed E-state index contributed by atoms with van der Waals surface area (Å²) in [6, 6.07) is 0.704. The maximum atomic E-state index is 11.5. The van der Waals surface area contributed by atoms with Crippen LogP contribution < -0.4 is 0 Å². The van der Waals surface area contributed by atoms with Crippen molar-refractivity contribution in [2.24, 2.45) is 17.8 Å². The van der Waals surface area contributed by atoms with Gasteiger partial charge in [-0.2, -0.15) is 0 Å². The Bertz CT molecular complexity index is 279. The Morgan fingerprint density at radius 1 is 1.18 bits per heavy atom. The van der Waals surface area contributed by atoms with Gasteiger partial charge in [0, 0.05) is 12.6 Å². The van der Waals surface area contributed by atoms with E-state index < -0.39 is 0 Å². The van der Waals surface area contributed by atoms with Crippen molar-refractivity contribution in [1.29, 1.82) is 0 Å². The molecule has 1 aliphatic carbocycles. The molecule has 0 bridgehead atoms. The Labute approximate surface area is 105 Å². The molecule has 1 saturated carbocycles. The maximum Gasteiger partial charge on any atom is 0.310 e.